The average Bonchev–Trinajstić information content (AvgIpc) is 3.54. The minimum atomic E-state index is 0.258. The summed E-state index contributed by atoms with van der Waals surface area (Å²) in [5.74, 6) is 3.23. The van der Waals surface area contributed by atoms with Crippen LogP contribution in [0.15, 0.2) is 16.8 Å². The van der Waals surface area contributed by atoms with E-state index in [1.54, 1.807) is 0 Å². The summed E-state index contributed by atoms with van der Waals surface area (Å²) in [6.07, 6.45) is 12.1. The molecule has 29 heavy (non-hydrogen) atoms. The zero-order chi connectivity index (χ0) is 19.8. The zero-order valence-corrected chi connectivity index (χ0v) is 17.3. The van der Waals surface area contributed by atoms with Crippen molar-refractivity contribution in [1.29, 1.82) is 0 Å². The smallest absolute Gasteiger partial charge is 0.225 e. The zero-order valence-electron chi connectivity index (χ0n) is 17.3. The average molecular weight is 395 g/mol. The third kappa shape index (κ3) is 3.94. The maximum Gasteiger partial charge on any atom is 0.225 e. The number of hydrogen-bond acceptors (Lipinski definition) is 5. The van der Waals surface area contributed by atoms with Crippen molar-refractivity contribution in [1.82, 2.24) is 20.0 Å². The van der Waals surface area contributed by atoms with Crippen molar-refractivity contribution in [2.45, 2.75) is 76.5 Å². The van der Waals surface area contributed by atoms with E-state index in [1.165, 1.54) is 32.1 Å². The molecular formula is C23H30N4O2. The number of aromatic nitrogens is 3. The molecule has 0 unspecified atom stereocenters. The lowest BCUT2D eigenvalue weighted by Gasteiger charge is -2.35. The first-order valence-electron chi connectivity index (χ1n) is 11.3. The van der Waals surface area contributed by atoms with Crippen molar-refractivity contribution >= 4 is 5.91 Å². The third-order valence-electron chi connectivity index (χ3n) is 6.82. The Morgan fingerprint density at radius 3 is 2.45 bits per heavy atom. The molecule has 0 radical (unpaired) electrons. The maximum atomic E-state index is 12.9. The Kier molecular flexibility index (Phi) is 5.10. The molecule has 2 aliphatic carbocycles. The molecule has 0 N–H and O–H groups in total. The Balaban J connectivity index is 1.34. The van der Waals surface area contributed by atoms with Crippen LogP contribution in [0.4, 0.5) is 0 Å². The number of piperidine rings is 1. The summed E-state index contributed by atoms with van der Waals surface area (Å²) < 4.78 is 5.54. The monoisotopic (exact) mass is 394 g/mol. The van der Waals surface area contributed by atoms with Crippen LogP contribution in [0.2, 0.25) is 0 Å². The fourth-order valence-corrected chi connectivity index (χ4v) is 4.92. The van der Waals surface area contributed by atoms with Crippen LogP contribution in [0.25, 0.3) is 11.3 Å². The summed E-state index contributed by atoms with van der Waals surface area (Å²) in [6.45, 7) is 3.59. The van der Waals surface area contributed by atoms with Crippen LogP contribution in [0, 0.1) is 12.8 Å². The molecule has 3 fully saturated rings. The summed E-state index contributed by atoms with van der Waals surface area (Å²) in [5.41, 5.74) is 2.92. The van der Waals surface area contributed by atoms with Gasteiger partial charge in [-0.2, -0.15) is 0 Å². The molecule has 0 bridgehead atoms. The first kappa shape index (κ1) is 18.8. The van der Waals surface area contributed by atoms with Gasteiger partial charge in [0.25, 0.3) is 0 Å². The number of rotatable bonds is 4. The molecule has 1 saturated heterocycles. The Hall–Kier alpha value is -2.24. The highest BCUT2D eigenvalue weighted by Gasteiger charge is 2.33. The van der Waals surface area contributed by atoms with Crippen LogP contribution < -0.4 is 0 Å². The van der Waals surface area contributed by atoms with Crippen molar-refractivity contribution in [3.05, 3.63) is 29.5 Å². The van der Waals surface area contributed by atoms with Crippen LogP contribution >= 0.6 is 0 Å². The van der Waals surface area contributed by atoms with E-state index in [0.717, 1.165) is 67.3 Å². The Labute approximate surface area is 172 Å². The van der Waals surface area contributed by atoms with Gasteiger partial charge in [-0.05, 0) is 45.4 Å². The van der Waals surface area contributed by atoms with Gasteiger partial charge in [0.05, 0.1) is 17.0 Å². The lowest BCUT2D eigenvalue weighted by atomic mass is 9.86. The molecule has 3 heterocycles. The Morgan fingerprint density at radius 1 is 1.03 bits per heavy atom. The van der Waals surface area contributed by atoms with Crippen LogP contribution in [0.1, 0.15) is 86.8 Å². The summed E-state index contributed by atoms with van der Waals surface area (Å²) in [7, 11) is 0. The van der Waals surface area contributed by atoms with Crippen molar-refractivity contribution < 1.29 is 9.32 Å². The van der Waals surface area contributed by atoms with Gasteiger partial charge in [0.15, 0.2) is 5.76 Å². The quantitative estimate of drug-likeness (QED) is 0.757. The van der Waals surface area contributed by atoms with Gasteiger partial charge in [-0.15, -0.1) is 0 Å². The minimum absolute atomic E-state index is 0.258. The molecule has 2 aromatic heterocycles. The molecule has 154 valence electrons. The predicted octanol–water partition coefficient (Wildman–Crippen LogP) is 4.60. The topological polar surface area (TPSA) is 72.1 Å². The molecule has 1 aliphatic heterocycles. The van der Waals surface area contributed by atoms with E-state index in [2.05, 4.69) is 15.0 Å². The summed E-state index contributed by atoms with van der Waals surface area (Å²) in [5, 5.41) is 4.05. The molecule has 2 saturated carbocycles. The van der Waals surface area contributed by atoms with Crippen LogP contribution in [-0.4, -0.2) is 39.0 Å². The molecule has 1 amide bonds. The highest BCUT2D eigenvalue weighted by atomic mass is 16.5. The second kappa shape index (κ2) is 7.88. The summed E-state index contributed by atoms with van der Waals surface area (Å²) >= 11 is 0. The number of amides is 1. The number of nitrogens with zero attached hydrogens (tertiary/aromatic N) is 4. The molecule has 5 rings (SSSR count). The van der Waals surface area contributed by atoms with Gasteiger partial charge in [0, 0.05) is 43.1 Å². The van der Waals surface area contributed by atoms with E-state index < -0.39 is 0 Å². The predicted molar refractivity (Wildman–Crippen MR) is 109 cm³/mol. The third-order valence-corrected chi connectivity index (χ3v) is 6.82. The van der Waals surface area contributed by atoms with Crippen molar-refractivity contribution in [2.24, 2.45) is 5.92 Å². The Bertz CT molecular complexity index is 875. The molecule has 3 aliphatic rings. The van der Waals surface area contributed by atoms with E-state index in [4.69, 9.17) is 9.51 Å². The summed E-state index contributed by atoms with van der Waals surface area (Å²) in [6, 6.07) is 1.96. The van der Waals surface area contributed by atoms with E-state index in [-0.39, 0.29) is 5.92 Å². The van der Waals surface area contributed by atoms with Gasteiger partial charge in [0.1, 0.15) is 5.82 Å². The Morgan fingerprint density at radius 2 is 1.79 bits per heavy atom. The van der Waals surface area contributed by atoms with Gasteiger partial charge >= 0.3 is 0 Å². The number of hydrogen-bond donors (Lipinski definition) is 0. The molecule has 6 heteroatoms. The highest BCUT2D eigenvalue weighted by molar-refractivity contribution is 5.79. The standard InChI is InChI=1S/C23H30N4O2/c1-15-13-20(29-26-15)19-14-24-22(17-7-8-17)25-21(19)16-9-11-27(12-10-16)23(28)18-5-3-2-4-6-18/h13-14,16-18H,2-12H2,1H3. The van der Waals surface area contributed by atoms with Gasteiger partial charge in [-0.1, -0.05) is 24.4 Å². The normalized spacial score (nSPS) is 21.5. The molecule has 0 spiro atoms. The second-order valence-corrected chi connectivity index (χ2v) is 9.07. The van der Waals surface area contributed by atoms with E-state index in [0.29, 0.717) is 17.7 Å². The summed E-state index contributed by atoms with van der Waals surface area (Å²) in [4.78, 5) is 24.6. The van der Waals surface area contributed by atoms with Gasteiger partial charge in [-0.25, -0.2) is 9.97 Å². The number of aryl methyl sites for hydroxylation is 1. The van der Waals surface area contributed by atoms with Gasteiger partial charge < -0.3 is 9.42 Å². The maximum absolute atomic E-state index is 12.9. The van der Waals surface area contributed by atoms with Crippen molar-refractivity contribution in [3.63, 3.8) is 0 Å². The van der Waals surface area contributed by atoms with Crippen LogP contribution in [0.3, 0.4) is 0 Å². The van der Waals surface area contributed by atoms with E-state index >= 15 is 0 Å². The molecule has 0 aromatic carbocycles. The van der Waals surface area contributed by atoms with Gasteiger partial charge in [-0.3, -0.25) is 4.79 Å². The van der Waals surface area contributed by atoms with E-state index in [9.17, 15) is 4.79 Å². The first-order valence-corrected chi connectivity index (χ1v) is 11.3. The lowest BCUT2D eigenvalue weighted by molar-refractivity contribution is -0.137. The number of carbonyl (C=O) groups excluding carboxylic acids is 1. The van der Waals surface area contributed by atoms with Crippen molar-refractivity contribution in [2.75, 3.05) is 13.1 Å². The van der Waals surface area contributed by atoms with Crippen LogP contribution in [0.5, 0.6) is 0 Å². The largest absolute Gasteiger partial charge is 0.356 e. The highest BCUT2D eigenvalue weighted by Crippen LogP contribution is 2.41. The number of carbonyl (C=O) groups is 1. The molecular weight excluding hydrogens is 364 g/mol. The first-order chi connectivity index (χ1) is 14.2. The molecule has 0 atom stereocenters. The van der Waals surface area contributed by atoms with Crippen LogP contribution in [-0.2, 0) is 4.79 Å². The fraction of sp³-hybridized carbons (Fsp3) is 0.652. The molecule has 6 nitrogen and oxygen atoms in total. The fourth-order valence-electron chi connectivity index (χ4n) is 4.92. The lowest BCUT2D eigenvalue weighted by Crippen LogP contribution is -2.42. The van der Waals surface area contributed by atoms with Crippen molar-refractivity contribution in [3.8, 4) is 11.3 Å². The second-order valence-electron chi connectivity index (χ2n) is 9.07. The van der Waals surface area contributed by atoms with Gasteiger partial charge in [0.2, 0.25) is 5.91 Å². The molecule has 2 aromatic rings. The van der Waals surface area contributed by atoms with E-state index in [1.807, 2.05) is 19.2 Å². The SMILES string of the molecule is Cc1cc(-c2cnc(C3CC3)nc2C2CCN(C(=O)C3CCCCC3)CC2)on1. The minimum Gasteiger partial charge on any atom is -0.356 e. The number of likely N-dealkylation sites (tertiary alicyclic amines) is 1.